The molecule has 1 atom stereocenters. The van der Waals surface area contributed by atoms with Crippen molar-refractivity contribution < 1.29 is 4.79 Å². The molecule has 1 aliphatic heterocycles. The highest BCUT2D eigenvalue weighted by molar-refractivity contribution is 9.10. The zero-order valence-electron chi connectivity index (χ0n) is 8.33. The first kappa shape index (κ1) is 11.1. The molecule has 1 amide bonds. The molecular weight excluding hydrogens is 276 g/mol. The smallest absolute Gasteiger partial charge is 0.239 e. The van der Waals surface area contributed by atoms with E-state index in [2.05, 4.69) is 42.0 Å². The number of hydrazine groups is 1. The molecule has 1 aliphatic rings. The van der Waals surface area contributed by atoms with Gasteiger partial charge in [0, 0.05) is 19.2 Å². The molecule has 0 saturated carbocycles. The van der Waals surface area contributed by atoms with Gasteiger partial charge in [0.1, 0.15) is 5.82 Å². The van der Waals surface area contributed by atoms with Crippen LogP contribution in [0.1, 0.15) is 6.42 Å². The number of halogens is 1. The van der Waals surface area contributed by atoms with Gasteiger partial charge < -0.3 is 10.6 Å². The largest absolute Gasteiger partial charge is 0.364 e. The number of amides is 1. The predicted molar refractivity (Wildman–Crippen MR) is 62.6 cm³/mol. The Hall–Kier alpha value is -1.41. The number of aromatic nitrogens is 2. The highest BCUT2D eigenvalue weighted by Crippen LogP contribution is 2.21. The molecule has 1 aromatic rings. The van der Waals surface area contributed by atoms with E-state index in [4.69, 9.17) is 5.84 Å². The Labute approximate surface area is 100 Å². The van der Waals surface area contributed by atoms with E-state index in [0.29, 0.717) is 24.7 Å². The van der Waals surface area contributed by atoms with Gasteiger partial charge >= 0.3 is 0 Å². The number of carbonyl (C=O) groups excluding carboxylic acids is 1. The molecule has 0 spiro atoms. The quantitative estimate of drug-likeness (QED) is 0.454. The summed E-state index contributed by atoms with van der Waals surface area (Å²) in [4.78, 5) is 19.1. The van der Waals surface area contributed by atoms with Crippen molar-refractivity contribution in [3.63, 3.8) is 0 Å². The minimum Gasteiger partial charge on any atom is -0.364 e. The van der Waals surface area contributed by atoms with Crippen LogP contribution < -0.4 is 21.9 Å². The summed E-state index contributed by atoms with van der Waals surface area (Å²) in [6.45, 7) is 0.598. The normalized spacial score (nSPS) is 19.4. The maximum Gasteiger partial charge on any atom is 0.239 e. The molecule has 1 saturated heterocycles. The van der Waals surface area contributed by atoms with Crippen molar-refractivity contribution in [2.75, 3.05) is 17.3 Å². The van der Waals surface area contributed by atoms with Crippen molar-refractivity contribution in [3.05, 3.63) is 10.7 Å². The average Bonchev–Trinajstić information content (AvgIpc) is 2.67. The lowest BCUT2D eigenvalue weighted by molar-refractivity contribution is -0.119. The Bertz CT molecular complexity index is 412. The number of nitrogen functional groups attached to an aromatic ring is 1. The molecule has 1 fully saturated rings. The molecule has 0 bridgehead atoms. The number of hydrogen-bond acceptors (Lipinski definition) is 6. The van der Waals surface area contributed by atoms with Gasteiger partial charge in [0.15, 0.2) is 0 Å². The Morgan fingerprint density at radius 2 is 2.44 bits per heavy atom. The molecule has 5 N–H and O–H groups in total. The van der Waals surface area contributed by atoms with E-state index in [1.165, 1.54) is 0 Å². The number of nitrogens with zero attached hydrogens (tertiary/aromatic N) is 2. The number of carbonyl (C=O) groups is 1. The Morgan fingerprint density at radius 1 is 1.62 bits per heavy atom. The van der Waals surface area contributed by atoms with Gasteiger partial charge in [0.25, 0.3) is 0 Å². The highest BCUT2D eigenvalue weighted by Gasteiger charge is 2.22. The van der Waals surface area contributed by atoms with Crippen molar-refractivity contribution in [2.24, 2.45) is 5.84 Å². The summed E-state index contributed by atoms with van der Waals surface area (Å²) < 4.78 is 0.728. The molecule has 2 heterocycles. The molecule has 86 valence electrons. The van der Waals surface area contributed by atoms with Crippen molar-refractivity contribution in [1.82, 2.24) is 15.3 Å². The van der Waals surface area contributed by atoms with E-state index >= 15 is 0 Å². The Morgan fingerprint density at radius 3 is 3.06 bits per heavy atom. The summed E-state index contributed by atoms with van der Waals surface area (Å²) in [5.74, 6) is 6.19. The van der Waals surface area contributed by atoms with Gasteiger partial charge in [0.05, 0.1) is 10.5 Å². The van der Waals surface area contributed by atoms with E-state index in [1.54, 1.807) is 6.20 Å². The first-order valence-electron chi connectivity index (χ1n) is 4.71. The first-order valence-corrected chi connectivity index (χ1v) is 5.50. The topological polar surface area (TPSA) is 105 Å². The van der Waals surface area contributed by atoms with Gasteiger partial charge in [-0.25, -0.2) is 10.8 Å². The van der Waals surface area contributed by atoms with Gasteiger partial charge in [-0.1, -0.05) is 0 Å². The summed E-state index contributed by atoms with van der Waals surface area (Å²) in [7, 11) is 0. The van der Waals surface area contributed by atoms with Crippen molar-refractivity contribution in [2.45, 2.75) is 12.5 Å². The summed E-state index contributed by atoms with van der Waals surface area (Å²) in [6.07, 6.45) is 2.04. The summed E-state index contributed by atoms with van der Waals surface area (Å²) >= 11 is 3.32. The van der Waals surface area contributed by atoms with Crippen LogP contribution in [0.5, 0.6) is 0 Å². The van der Waals surface area contributed by atoms with Crippen LogP contribution in [-0.4, -0.2) is 28.5 Å². The van der Waals surface area contributed by atoms with E-state index in [-0.39, 0.29) is 11.9 Å². The van der Waals surface area contributed by atoms with E-state index < -0.39 is 0 Å². The molecule has 0 radical (unpaired) electrons. The highest BCUT2D eigenvalue weighted by atomic mass is 79.9. The van der Waals surface area contributed by atoms with Crippen LogP contribution in [0.2, 0.25) is 0 Å². The van der Waals surface area contributed by atoms with Gasteiger partial charge in [-0.15, -0.1) is 0 Å². The van der Waals surface area contributed by atoms with Crippen LogP contribution in [0.3, 0.4) is 0 Å². The lowest BCUT2D eigenvalue weighted by atomic mass is 10.2. The number of anilines is 2. The summed E-state index contributed by atoms with van der Waals surface area (Å²) in [5.41, 5.74) is 2.36. The van der Waals surface area contributed by atoms with Gasteiger partial charge in [-0.05, 0) is 15.9 Å². The monoisotopic (exact) mass is 286 g/mol. The van der Waals surface area contributed by atoms with Crippen molar-refractivity contribution in [1.29, 1.82) is 0 Å². The number of rotatable bonds is 3. The van der Waals surface area contributed by atoms with Gasteiger partial charge in [-0.3, -0.25) is 10.2 Å². The molecule has 0 aromatic carbocycles. The Balaban J connectivity index is 2.11. The first-order chi connectivity index (χ1) is 7.69. The maximum atomic E-state index is 11.0. The van der Waals surface area contributed by atoms with Gasteiger partial charge in [-0.2, -0.15) is 4.98 Å². The number of nitrogens with two attached hydrogens (primary N) is 1. The lowest BCUT2D eigenvalue weighted by Gasteiger charge is -2.12. The molecule has 16 heavy (non-hydrogen) atoms. The standard InChI is InChI=1S/C8H11BrN6O/c9-5-3-12-8(15-10)14-7(5)13-4-1-6(16)11-2-4/h3-4H,1-2,10H2,(H,11,16)(H2,12,13,14,15). The van der Waals surface area contributed by atoms with Crippen LogP contribution in [0.25, 0.3) is 0 Å². The number of nitrogens with one attached hydrogen (secondary N) is 3. The second-order valence-corrected chi connectivity index (χ2v) is 4.24. The predicted octanol–water partition coefficient (Wildman–Crippen LogP) is -0.175. The van der Waals surface area contributed by atoms with Gasteiger partial charge in [0.2, 0.25) is 11.9 Å². The summed E-state index contributed by atoms with van der Waals surface area (Å²) in [6, 6.07) is 0.0457. The second-order valence-electron chi connectivity index (χ2n) is 3.38. The molecule has 8 heteroatoms. The minimum atomic E-state index is 0.0415. The molecule has 2 rings (SSSR count). The molecule has 1 aromatic heterocycles. The van der Waals surface area contributed by atoms with Crippen LogP contribution >= 0.6 is 15.9 Å². The van der Waals surface area contributed by atoms with E-state index in [9.17, 15) is 4.79 Å². The van der Waals surface area contributed by atoms with Crippen LogP contribution in [-0.2, 0) is 4.79 Å². The zero-order chi connectivity index (χ0) is 11.5. The fraction of sp³-hybridized carbons (Fsp3) is 0.375. The molecule has 1 unspecified atom stereocenters. The zero-order valence-corrected chi connectivity index (χ0v) is 9.91. The number of hydrogen-bond donors (Lipinski definition) is 4. The SMILES string of the molecule is NNc1ncc(Br)c(NC2CNC(=O)C2)n1. The summed E-state index contributed by atoms with van der Waals surface area (Å²) in [5, 5.41) is 5.87. The lowest BCUT2D eigenvalue weighted by Crippen LogP contribution is -2.23. The van der Waals surface area contributed by atoms with Crippen LogP contribution in [0, 0.1) is 0 Å². The maximum absolute atomic E-state index is 11.0. The third kappa shape index (κ3) is 2.39. The van der Waals surface area contributed by atoms with Crippen molar-refractivity contribution in [3.8, 4) is 0 Å². The van der Waals surface area contributed by atoms with E-state index in [1.807, 2.05) is 0 Å². The fourth-order valence-corrected chi connectivity index (χ4v) is 1.74. The third-order valence-electron chi connectivity index (χ3n) is 2.19. The van der Waals surface area contributed by atoms with E-state index in [0.717, 1.165) is 4.47 Å². The molecule has 7 nitrogen and oxygen atoms in total. The van der Waals surface area contributed by atoms with Crippen LogP contribution in [0.4, 0.5) is 11.8 Å². The van der Waals surface area contributed by atoms with Crippen LogP contribution in [0.15, 0.2) is 10.7 Å². The average molecular weight is 287 g/mol. The Kier molecular flexibility index (Phi) is 3.20. The second kappa shape index (κ2) is 4.62. The van der Waals surface area contributed by atoms with Crippen molar-refractivity contribution >= 4 is 33.6 Å². The molecule has 0 aliphatic carbocycles. The fourth-order valence-electron chi connectivity index (χ4n) is 1.44. The minimum absolute atomic E-state index is 0.0415. The third-order valence-corrected chi connectivity index (χ3v) is 2.77. The molecular formula is C8H11BrN6O.